The van der Waals surface area contributed by atoms with Crippen LogP contribution in [0.3, 0.4) is 0 Å². The van der Waals surface area contributed by atoms with Crippen LogP contribution in [0.15, 0.2) is 64.8 Å². The Kier molecular flexibility index (Phi) is 2.63. The number of aromatic amines is 2. The molecular formula is C16H11N8+. The van der Waals surface area contributed by atoms with Gasteiger partial charge in [-0.25, -0.2) is 0 Å². The Morgan fingerprint density at radius 1 is 0.833 bits per heavy atom. The monoisotopic (exact) mass is 315 g/mol. The summed E-state index contributed by atoms with van der Waals surface area (Å²) in [6.45, 7) is 0. The van der Waals surface area contributed by atoms with Crippen LogP contribution in [0.25, 0.3) is 27.6 Å². The number of rotatable bonds is 2. The molecule has 0 bridgehead atoms. The summed E-state index contributed by atoms with van der Waals surface area (Å²) < 4.78 is 1.47. The Hall–Kier alpha value is -3.68. The summed E-state index contributed by atoms with van der Waals surface area (Å²) in [7, 11) is 0. The van der Waals surface area contributed by atoms with Crippen molar-refractivity contribution >= 4 is 39.0 Å². The van der Waals surface area contributed by atoms with Crippen molar-refractivity contribution in [2.45, 2.75) is 0 Å². The fraction of sp³-hybridized carbons (Fsp3) is 0. The van der Waals surface area contributed by atoms with E-state index in [9.17, 15) is 0 Å². The van der Waals surface area contributed by atoms with E-state index < -0.39 is 0 Å². The number of nitrogens with one attached hydrogen (secondary N) is 2. The Bertz CT molecular complexity index is 1200. The fourth-order valence-corrected chi connectivity index (χ4v) is 2.74. The summed E-state index contributed by atoms with van der Waals surface area (Å²) in [5.41, 5.74) is 2.91. The largest absolute Gasteiger partial charge is 0.457 e. The van der Waals surface area contributed by atoms with Gasteiger partial charge in [-0.2, -0.15) is 5.11 Å². The molecule has 8 heteroatoms. The van der Waals surface area contributed by atoms with Gasteiger partial charge in [0.15, 0.2) is 11.0 Å². The van der Waals surface area contributed by atoms with Crippen molar-refractivity contribution in [3.63, 3.8) is 0 Å². The van der Waals surface area contributed by atoms with E-state index in [0.717, 1.165) is 22.0 Å². The lowest BCUT2D eigenvalue weighted by Gasteiger charge is -1.92. The topological polar surface area (TPSA) is 99.1 Å². The number of hydrogen-bond donors (Lipinski definition) is 2. The minimum absolute atomic E-state index is 0.463. The summed E-state index contributed by atoms with van der Waals surface area (Å²) >= 11 is 0. The number of hydrogen-bond acceptors (Lipinski definition) is 5. The summed E-state index contributed by atoms with van der Waals surface area (Å²) in [4.78, 5) is 4.57. The Labute approximate surface area is 134 Å². The molecule has 2 aromatic heterocycles. The molecule has 0 aliphatic heterocycles. The van der Waals surface area contributed by atoms with Gasteiger partial charge in [-0.3, -0.25) is 0 Å². The molecule has 114 valence electrons. The van der Waals surface area contributed by atoms with Crippen LogP contribution in [0.5, 0.6) is 0 Å². The van der Waals surface area contributed by atoms with Crippen LogP contribution < -0.4 is 4.63 Å². The van der Waals surface area contributed by atoms with Crippen LogP contribution in [0.4, 0.5) is 11.4 Å². The first-order valence-corrected chi connectivity index (χ1v) is 7.40. The van der Waals surface area contributed by atoms with Gasteiger partial charge in [0.2, 0.25) is 0 Å². The van der Waals surface area contributed by atoms with Gasteiger partial charge in [0.25, 0.3) is 0 Å². The maximum atomic E-state index is 4.57. The van der Waals surface area contributed by atoms with Crippen molar-refractivity contribution in [1.29, 1.82) is 0 Å². The average molecular weight is 315 g/mol. The molecule has 0 aliphatic carbocycles. The molecule has 0 saturated carbocycles. The maximum absolute atomic E-state index is 4.57. The molecule has 0 fully saturated rings. The second-order valence-electron chi connectivity index (χ2n) is 5.29. The number of azo groups is 1. The molecule has 0 amide bonds. The predicted molar refractivity (Wildman–Crippen MR) is 87.3 cm³/mol. The highest BCUT2D eigenvalue weighted by molar-refractivity contribution is 6.17. The van der Waals surface area contributed by atoms with Crippen molar-refractivity contribution in [3.8, 4) is 0 Å². The molecule has 0 saturated heterocycles. The number of aromatic nitrogens is 6. The first-order chi connectivity index (χ1) is 11.9. The molecule has 0 unspecified atom stereocenters. The van der Waals surface area contributed by atoms with Crippen LogP contribution >= 0.6 is 0 Å². The van der Waals surface area contributed by atoms with Crippen molar-refractivity contribution in [2.75, 3.05) is 0 Å². The van der Waals surface area contributed by atoms with E-state index in [0.29, 0.717) is 17.0 Å². The third kappa shape index (κ3) is 1.86. The first kappa shape index (κ1) is 12.8. The molecule has 5 aromatic rings. The third-order valence-corrected chi connectivity index (χ3v) is 3.82. The zero-order valence-corrected chi connectivity index (χ0v) is 12.4. The molecule has 3 aromatic carbocycles. The van der Waals surface area contributed by atoms with Crippen molar-refractivity contribution in [2.24, 2.45) is 10.2 Å². The van der Waals surface area contributed by atoms with Gasteiger partial charge in [0.1, 0.15) is 5.69 Å². The van der Waals surface area contributed by atoms with Gasteiger partial charge < -0.3 is 0 Å². The predicted octanol–water partition coefficient (Wildman–Crippen LogP) is 2.99. The molecule has 2 heterocycles. The van der Waals surface area contributed by atoms with Gasteiger partial charge >= 0.3 is 5.78 Å². The molecule has 0 aliphatic rings. The molecule has 24 heavy (non-hydrogen) atoms. The minimum atomic E-state index is 0.463. The van der Waals surface area contributed by atoms with Gasteiger partial charge in [-0.15, -0.1) is 10.3 Å². The summed E-state index contributed by atoms with van der Waals surface area (Å²) in [6.07, 6.45) is 0. The zero-order chi connectivity index (χ0) is 15.9. The van der Waals surface area contributed by atoms with E-state index in [-0.39, 0.29) is 0 Å². The molecule has 2 N–H and O–H groups in total. The highest BCUT2D eigenvalue weighted by Gasteiger charge is 2.20. The highest BCUT2D eigenvalue weighted by Crippen LogP contribution is 2.37. The van der Waals surface area contributed by atoms with E-state index in [1.807, 2.05) is 54.6 Å². The highest BCUT2D eigenvalue weighted by atomic mass is 15.6. The van der Waals surface area contributed by atoms with Crippen molar-refractivity contribution in [3.05, 3.63) is 54.6 Å². The van der Waals surface area contributed by atoms with Crippen molar-refractivity contribution < 1.29 is 4.63 Å². The van der Waals surface area contributed by atoms with Crippen LogP contribution in [-0.2, 0) is 0 Å². The minimum Gasteiger partial charge on any atom is -0.150 e. The second-order valence-corrected chi connectivity index (χ2v) is 5.29. The van der Waals surface area contributed by atoms with Crippen LogP contribution in [0, 0.1) is 0 Å². The standard InChI is InChI=1S/C16H10N8/c1-2-6-10(7-3-1)18-19-14-12-9-5-4-8-11(12)13-15(14)21-24-16(17-13)20-22-23-24/h1-9H,(H,17,18,20,21,23)/p+1. The lowest BCUT2D eigenvalue weighted by atomic mass is 10.2. The van der Waals surface area contributed by atoms with Crippen molar-refractivity contribution in [1.82, 2.24) is 25.6 Å². The molecular weight excluding hydrogens is 304 g/mol. The number of tetrazole rings is 1. The Morgan fingerprint density at radius 2 is 1.62 bits per heavy atom. The fourth-order valence-electron chi connectivity index (χ4n) is 2.74. The summed E-state index contributed by atoms with van der Waals surface area (Å²) in [6, 6.07) is 17.5. The quantitative estimate of drug-likeness (QED) is 0.387. The normalized spacial score (nSPS) is 12.0. The van der Waals surface area contributed by atoms with Crippen LogP contribution in [0.2, 0.25) is 0 Å². The van der Waals surface area contributed by atoms with E-state index >= 15 is 0 Å². The van der Waals surface area contributed by atoms with E-state index in [4.69, 9.17) is 0 Å². The van der Waals surface area contributed by atoms with Gasteiger partial charge in [-0.1, -0.05) is 57.8 Å². The number of fused-ring (bicyclic) bond motifs is 4. The van der Waals surface area contributed by atoms with Gasteiger partial charge in [0.05, 0.1) is 10.8 Å². The lowest BCUT2D eigenvalue weighted by Crippen LogP contribution is -2.29. The molecule has 5 rings (SSSR count). The number of nitrogens with zero attached hydrogens (tertiary/aromatic N) is 6. The summed E-state index contributed by atoms with van der Waals surface area (Å²) in [5, 5.41) is 24.7. The van der Waals surface area contributed by atoms with Gasteiger partial charge in [-0.05, 0) is 16.8 Å². The third-order valence-electron chi connectivity index (χ3n) is 3.82. The van der Waals surface area contributed by atoms with Crippen LogP contribution in [-0.4, -0.2) is 25.6 Å². The Morgan fingerprint density at radius 3 is 2.50 bits per heavy atom. The number of benzene rings is 2. The SMILES string of the molecule is c1ccc(N=Nc2c3ccccc3c3nc4n[nH][nH][n+]4nc23)cc1. The Balaban J connectivity index is 1.82. The van der Waals surface area contributed by atoms with E-state index in [2.05, 4.69) is 35.8 Å². The lowest BCUT2D eigenvalue weighted by molar-refractivity contribution is -0.644. The molecule has 8 nitrogen and oxygen atoms in total. The maximum Gasteiger partial charge on any atom is 0.457 e. The zero-order valence-electron chi connectivity index (χ0n) is 12.4. The molecule has 0 radical (unpaired) electrons. The van der Waals surface area contributed by atoms with Gasteiger partial charge in [0, 0.05) is 10.8 Å². The first-order valence-electron chi connectivity index (χ1n) is 7.40. The molecule has 0 spiro atoms. The smallest absolute Gasteiger partial charge is 0.150 e. The number of H-pyrrole nitrogens is 2. The van der Waals surface area contributed by atoms with Crippen LogP contribution in [0.1, 0.15) is 0 Å². The van der Waals surface area contributed by atoms with E-state index in [1.54, 1.807) is 0 Å². The molecule has 0 atom stereocenters. The summed E-state index contributed by atoms with van der Waals surface area (Å²) in [5.74, 6) is 0.463. The second kappa shape index (κ2) is 4.92. The van der Waals surface area contributed by atoms with E-state index in [1.165, 1.54) is 4.63 Å². The average Bonchev–Trinajstić information content (AvgIpc) is 3.21.